The number of aromatic nitrogens is 1. The molecule has 0 fully saturated rings. The van der Waals surface area contributed by atoms with Gasteiger partial charge in [0.1, 0.15) is 0 Å². The Morgan fingerprint density at radius 3 is 2.40 bits per heavy atom. The smallest absolute Gasteiger partial charge is 0.414 e. The van der Waals surface area contributed by atoms with Gasteiger partial charge in [-0.25, -0.2) is 9.59 Å². The number of benzene rings is 1. The largest absolute Gasteiger partial charge is 0.473 e. The van der Waals surface area contributed by atoms with Gasteiger partial charge in [-0.3, -0.25) is 4.79 Å². The molecule has 0 saturated carbocycles. The summed E-state index contributed by atoms with van der Waals surface area (Å²) in [6, 6.07) is 6.10. The lowest BCUT2D eigenvalue weighted by atomic mass is 9.92. The van der Waals surface area contributed by atoms with Crippen molar-refractivity contribution in [2.45, 2.75) is 25.3 Å². The highest BCUT2D eigenvalue weighted by Crippen LogP contribution is 2.29. The minimum atomic E-state index is -1.82. The number of carboxylic acid groups (broad SMARTS) is 2. The average Bonchev–Trinajstić information content (AvgIpc) is 2.91. The number of hydrogen-bond acceptors (Lipinski definition) is 4. The quantitative estimate of drug-likeness (QED) is 0.564. The molecule has 2 aromatic rings. The number of amides is 1. The third kappa shape index (κ3) is 4.16. The van der Waals surface area contributed by atoms with Crippen LogP contribution in [-0.4, -0.2) is 58.1 Å². The Labute approximate surface area is 144 Å². The van der Waals surface area contributed by atoms with Crippen LogP contribution >= 0.6 is 0 Å². The number of hydrogen-bond donors (Lipinski definition) is 4. The standard InChI is InChI=1S/C15H19N3O.C2H2O4/c1-18(2)15(19)9-3-5-13-11(7-9)12-8-10(16)4-6-14(12)17-13;3-1(4)2(5)6/h3,5,7,10,17H,4,6,8,16H2,1-2H3;(H,3,4)(H,5,6). The summed E-state index contributed by atoms with van der Waals surface area (Å²) in [6.45, 7) is 0. The van der Waals surface area contributed by atoms with E-state index in [1.165, 1.54) is 11.3 Å². The number of nitrogens with zero attached hydrogens (tertiary/aromatic N) is 1. The Morgan fingerprint density at radius 1 is 1.20 bits per heavy atom. The van der Waals surface area contributed by atoms with Gasteiger partial charge < -0.3 is 25.8 Å². The van der Waals surface area contributed by atoms with E-state index in [2.05, 4.69) is 4.98 Å². The monoisotopic (exact) mass is 347 g/mol. The molecule has 1 unspecified atom stereocenters. The van der Waals surface area contributed by atoms with E-state index in [1.807, 2.05) is 18.2 Å². The fourth-order valence-electron chi connectivity index (χ4n) is 2.84. The summed E-state index contributed by atoms with van der Waals surface area (Å²) in [7, 11) is 3.55. The number of carboxylic acids is 2. The third-order valence-corrected chi connectivity index (χ3v) is 4.06. The van der Waals surface area contributed by atoms with Crippen molar-refractivity contribution in [3.63, 3.8) is 0 Å². The van der Waals surface area contributed by atoms with Gasteiger partial charge in [0.05, 0.1) is 0 Å². The van der Waals surface area contributed by atoms with Gasteiger partial charge in [-0.1, -0.05) is 0 Å². The highest BCUT2D eigenvalue weighted by molar-refractivity contribution is 6.27. The van der Waals surface area contributed by atoms with Gasteiger partial charge in [0.2, 0.25) is 0 Å². The highest BCUT2D eigenvalue weighted by Gasteiger charge is 2.21. The van der Waals surface area contributed by atoms with E-state index < -0.39 is 11.9 Å². The Hall–Kier alpha value is -2.87. The van der Waals surface area contributed by atoms with Crippen LogP contribution in [0.2, 0.25) is 0 Å². The fourth-order valence-corrected chi connectivity index (χ4v) is 2.84. The molecule has 1 amide bonds. The van der Waals surface area contributed by atoms with Gasteiger partial charge in [-0.15, -0.1) is 0 Å². The van der Waals surface area contributed by atoms with Crippen LogP contribution in [-0.2, 0) is 22.4 Å². The molecule has 0 saturated heterocycles. The van der Waals surface area contributed by atoms with E-state index >= 15 is 0 Å². The molecule has 1 aliphatic carbocycles. The Bertz CT molecular complexity index is 813. The minimum absolute atomic E-state index is 0.0388. The van der Waals surface area contributed by atoms with Crippen molar-refractivity contribution in [2.24, 2.45) is 5.73 Å². The SMILES string of the molecule is CN(C)C(=O)c1ccc2[nH]c3c(c2c1)CC(N)CC3.O=C(O)C(=O)O. The maximum atomic E-state index is 12.0. The van der Waals surface area contributed by atoms with E-state index in [0.29, 0.717) is 0 Å². The van der Waals surface area contributed by atoms with Crippen molar-refractivity contribution in [3.05, 3.63) is 35.0 Å². The van der Waals surface area contributed by atoms with Crippen molar-refractivity contribution >= 4 is 28.7 Å². The predicted octanol–water partition coefficient (Wildman–Crippen LogP) is 0.841. The van der Waals surface area contributed by atoms with Crippen LogP contribution in [0.25, 0.3) is 10.9 Å². The van der Waals surface area contributed by atoms with E-state index in [0.717, 1.165) is 35.7 Å². The van der Waals surface area contributed by atoms with Crippen molar-refractivity contribution in [1.29, 1.82) is 0 Å². The molecule has 0 aliphatic heterocycles. The van der Waals surface area contributed by atoms with Gasteiger partial charge in [-0.2, -0.15) is 0 Å². The molecule has 0 spiro atoms. The Balaban J connectivity index is 0.000000326. The number of aryl methyl sites for hydroxylation is 1. The van der Waals surface area contributed by atoms with Crippen LogP contribution in [0.4, 0.5) is 0 Å². The number of aliphatic carboxylic acids is 2. The van der Waals surface area contributed by atoms with E-state index in [1.54, 1.807) is 19.0 Å². The topological polar surface area (TPSA) is 137 Å². The number of aromatic amines is 1. The molecule has 0 bridgehead atoms. The first-order chi connectivity index (χ1) is 11.7. The Kier molecular flexibility index (Phi) is 5.43. The summed E-state index contributed by atoms with van der Waals surface area (Å²) in [5.41, 5.74) is 10.5. The first-order valence-electron chi connectivity index (χ1n) is 7.77. The molecule has 134 valence electrons. The van der Waals surface area contributed by atoms with Gasteiger partial charge in [0, 0.05) is 42.3 Å². The highest BCUT2D eigenvalue weighted by atomic mass is 16.4. The second kappa shape index (κ2) is 7.35. The van der Waals surface area contributed by atoms with Crippen molar-refractivity contribution in [2.75, 3.05) is 14.1 Å². The summed E-state index contributed by atoms with van der Waals surface area (Å²) in [5, 5.41) is 15.9. The number of nitrogens with two attached hydrogens (primary N) is 1. The molecule has 0 radical (unpaired) electrons. The molecule has 1 aliphatic rings. The molecule has 25 heavy (non-hydrogen) atoms. The van der Waals surface area contributed by atoms with Gasteiger partial charge in [0.15, 0.2) is 0 Å². The van der Waals surface area contributed by atoms with Gasteiger partial charge in [0.25, 0.3) is 5.91 Å². The molecular formula is C17H21N3O5. The molecule has 8 heteroatoms. The zero-order chi connectivity index (χ0) is 18.7. The summed E-state index contributed by atoms with van der Waals surface area (Å²) < 4.78 is 0. The zero-order valence-electron chi connectivity index (χ0n) is 14.1. The van der Waals surface area contributed by atoms with E-state index in [4.69, 9.17) is 25.5 Å². The lowest BCUT2D eigenvalue weighted by molar-refractivity contribution is -0.159. The zero-order valence-corrected chi connectivity index (χ0v) is 14.1. The molecule has 1 aromatic carbocycles. The third-order valence-electron chi connectivity index (χ3n) is 4.06. The first kappa shape index (κ1) is 18.5. The number of carbonyl (C=O) groups is 3. The number of rotatable bonds is 1. The molecular weight excluding hydrogens is 326 g/mol. The fraction of sp³-hybridized carbons (Fsp3) is 0.353. The summed E-state index contributed by atoms with van der Waals surface area (Å²) in [4.78, 5) is 35.3. The molecule has 1 heterocycles. The van der Waals surface area contributed by atoms with E-state index in [-0.39, 0.29) is 11.9 Å². The number of H-pyrrole nitrogens is 1. The van der Waals surface area contributed by atoms with Crippen LogP contribution in [0.5, 0.6) is 0 Å². The van der Waals surface area contributed by atoms with Crippen LogP contribution in [0, 0.1) is 0 Å². The minimum Gasteiger partial charge on any atom is -0.473 e. The maximum absolute atomic E-state index is 12.0. The van der Waals surface area contributed by atoms with Gasteiger partial charge in [-0.05, 0) is 43.0 Å². The van der Waals surface area contributed by atoms with Crippen LogP contribution in [0.1, 0.15) is 28.0 Å². The number of carbonyl (C=O) groups excluding carboxylic acids is 1. The summed E-state index contributed by atoms with van der Waals surface area (Å²) >= 11 is 0. The average molecular weight is 347 g/mol. The van der Waals surface area contributed by atoms with Crippen molar-refractivity contribution < 1.29 is 24.6 Å². The molecule has 8 nitrogen and oxygen atoms in total. The van der Waals surface area contributed by atoms with Crippen LogP contribution in [0.3, 0.4) is 0 Å². The first-order valence-corrected chi connectivity index (χ1v) is 7.77. The van der Waals surface area contributed by atoms with E-state index in [9.17, 15) is 4.79 Å². The summed E-state index contributed by atoms with van der Waals surface area (Å²) in [5.74, 6) is -3.61. The van der Waals surface area contributed by atoms with Crippen molar-refractivity contribution in [3.8, 4) is 0 Å². The van der Waals surface area contributed by atoms with Crippen LogP contribution in [0.15, 0.2) is 18.2 Å². The lowest BCUT2D eigenvalue weighted by Gasteiger charge is -2.18. The molecule has 5 N–H and O–H groups in total. The Morgan fingerprint density at radius 2 is 1.84 bits per heavy atom. The van der Waals surface area contributed by atoms with Crippen LogP contribution < -0.4 is 5.73 Å². The van der Waals surface area contributed by atoms with Gasteiger partial charge >= 0.3 is 11.9 Å². The number of nitrogens with one attached hydrogen (secondary N) is 1. The molecule has 1 atom stereocenters. The lowest BCUT2D eigenvalue weighted by Crippen LogP contribution is -2.27. The predicted molar refractivity (Wildman–Crippen MR) is 91.6 cm³/mol. The summed E-state index contributed by atoms with van der Waals surface area (Å²) in [6.07, 6.45) is 2.93. The second-order valence-corrected chi connectivity index (χ2v) is 6.16. The molecule has 3 rings (SSSR count). The number of fused-ring (bicyclic) bond motifs is 3. The normalized spacial score (nSPS) is 15.7. The van der Waals surface area contributed by atoms with Crippen molar-refractivity contribution in [1.82, 2.24) is 9.88 Å². The second-order valence-electron chi connectivity index (χ2n) is 6.16. The maximum Gasteiger partial charge on any atom is 0.414 e. The molecule has 1 aromatic heterocycles.